The van der Waals surface area contributed by atoms with E-state index < -0.39 is 17.5 Å². The molecule has 40 heavy (non-hydrogen) atoms. The zero-order valence-electron chi connectivity index (χ0n) is 24.5. The van der Waals surface area contributed by atoms with Gasteiger partial charge in [0, 0.05) is 17.8 Å². The van der Waals surface area contributed by atoms with Gasteiger partial charge >= 0.3 is 0 Å². The van der Waals surface area contributed by atoms with Gasteiger partial charge in [0.2, 0.25) is 0 Å². The second-order valence-electron chi connectivity index (χ2n) is 9.34. The lowest BCUT2D eigenvalue weighted by atomic mass is 10.0. The molecule has 1 aliphatic carbocycles. The lowest BCUT2D eigenvalue weighted by Crippen LogP contribution is -2.22. The third kappa shape index (κ3) is 8.98. The van der Waals surface area contributed by atoms with Crippen molar-refractivity contribution in [2.75, 3.05) is 30.7 Å². The molecule has 1 fully saturated rings. The number of hydrogen-bond donors (Lipinski definition) is 3. The van der Waals surface area contributed by atoms with Crippen LogP contribution in [-0.4, -0.2) is 35.6 Å². The summed E-state index contributed by atoms with van der Waals surface area (Å²) in [7, 11) is 0. The molecule has 0 spiro atoms. The number of anilines is 2. The van der Waals surface area contributed by atoms with Crippen molar-refractivity contribution < 1.29 is 18.3 Å². The van der Waals surface area contributed by atoms with Gasteiger partial charge in [-0.05, 0) is 74.0 Å². The van der Waals surface area contributed by atoms with Crippen LogP contribution in [-0.2, 0) is 0 Å². The first-order chi connectivity index (χ1) is 19.3. The van der Waals surface area contributed by atoms with E-state index >= 15 is 0 Å². The number of benzene rings is 2. The highest BCUT2D eigenvalue weighted by Crippen LogP contribution is 2.40. The second-order valence-corrected chi connectivity index (χ2v) is 9.34. The van der Waals surface area contributed by atoms with E-state index in [0.29, 0.717) is 35.9 Å². The van der Waals surface area contributed by atoms with Gasteiger partial charge in [0.15, 0.2) is 11.6 Å². The van der Waals surface area contributed by atoms with E-state index in [1.54, 1.807) is 13.0 Å². The first kappa shape index (κ1) is 32.6. The van der Waals surface area contributed by atoms with Gasteiger partial charge in [0.05, 0.1) is 5.56 Å². The fraction of sp³-hybridized carbons (Fsp3) is 0.452. The Balaban J connectivity index is 0.00000105. The van der Waals surface area contributed by atoms with Crippen LogP contribution < -0.4 is 21.1 Å². The molecule has 0 atom stereocenters. The van der Waals surface area contributed by atoms with Crippen molar-refractivity contribution in [3.05, 3.63) is 65.0 Å². The number of carbonyl (C=O) groups excluding carboxylic acids is 1. The van der Waals surface area contributed by atoms with Crippen molar-refractivity contribution in [1.82, 2.24) is 15.3 Å². The molecule has 7 nitrogen and oxygen atoms in total. The van der Waals surface area contributed by atoms with Gasteiger partial charge in [-0.1, -0.05) is 47.1 Å². The van der Waals surface area contributed by atoms with Crippen molar-refractivity contribution >= 4 is 17.4 Å². The standard InChI is InChI=1S/C26H29F2N5O2.C3H8.C2H6/c1-3-8-30-9-10-35-24-23(31-14-32-25(24)29)20-12-18(27)13-22(15(20)2)33-26(34)19-7-6-17(11-21(19)28)16-4-5-16;1-3-2;1-2/h6-7,11-14,16,30H,3-5,8-10H2,1-2H3,(H,33,34)(H2,29,31,32);3H2,1-2H3;1-2H3. The number of nitrogens with one attached hydrogen (secondary N) is 2. The SMILES string of the molecule is CC.CCC.CCCNCCOc1c(N)ncnc1-c1cc(F)cc(NC(=O)c2ccc(C3CC3)cc2F)c1C. The summed E-state index contributed by atoms with van der Waals surface area (Å²) in [5.41, 5.74) is 8.24. The average Bonchev–Trinajstić information content (AvgIpc) is 3.78. The molecule has 4 N–H and O–H groups in total. The average molecular weight is 556 g/mol. The number of nitrogen functional groups attached to an aromatic ring is 1. The molecule has 0 bridgehead atoms. The van der Waals surface area contributed by atoms with Crippen molar-refractivity contribution in [1.29, 1.82) is 0 Å². The Bertz CT molecular complexity index is 1250. The van der Waals surface area contributed by atoms with Gasteiger partial charge in [-0.25, -0.2) is 18.7 Å². The molecule has 0 unspecified atom stereocenters. The third-order valence-corrected chi connectivity index (χ3v) is 5.95. The molecule has 1 saturated carbocycles. The van der Waals surface area contributed by atoms with Gasteiger partial charge in [-0.2, -0.15) is 0 Å². The minimum atomic E-state index is -0.662. The maximum atomic E-state index is 14.6. The maximum absolute atomic E-state index is 14.6. The van der Waals surface area contributed by atoms with Crippen LogP contribution in [0.4, 0.5) is 20.3 Å². The van der Waals surface area contributed by atoms with Crippen LogP contribution in [0.2, 0.25) is 0 Å². The van der Waals surface area contributed by atoms with Crippen LogP contribution in [0.15, 0.2) is 36.7 Å². The van der Waals surface area contributed by atoms with E-state index in [1.165, 1.54) is 37.0 Å². The highest BCUT2D eigenvalue weighted by molar-refractivity contribution is 6.05. The van der Waals surface area contributed by atoms with Gasteiger partial charge in [0.1, 0.15) is 30.3 Å². The zero-order valence-corrected chi connectivity index (χ0v) is 24.5. The molecule has 1 amide bonds. The van der Waals surface area contributed by atoms with Gasteiger partial charge < -0.3 is 21.1 Å². The smallest absolute Gasteiger partial charge is 0.258 e. The lowest BCUT2D eigenvalue weighted by Gasteiger charge is -2.17. The Kier molecular flexibility index (Phi) is 13.5. The van der Waals surface area contributed by atoms with Crippen LogP contribution in [0.3, 0.4) is 0 Å². The number of nitrogens with two attached hydrogens (primary N) is 1. The van der Waals surface area contributed by atoms with E-state index in [9.17, 15) is 13.6 Å². The number of nitrogens with zero attached hydrogens (tertiary/aromatic N) is 2. The summed E-state index contributed by atoms with van der Waals surface area (Å²) in [6, 6.07) is 7.12. The predicted molar refractivity (Wildman–Crippen MR) is 159 cm³/mol. The first-order valence-electron chi connectivity index (χ1n) is 14.2. The van der Waals surface area contributed by atoms with Crippen LogP contribution in [0, 0.1) is 18.6 Å². The summed E-state index contributed by atoms with van der Waals surface area (Å²) in [4.78, 5) is 21.1. The summed E-state index contributed by atoms with van der Waals surface area (Å²) in [5.74, 6) is -1.13. The first-order valence-corrected chi connectivity index (χ1v) is 14.2. The van der Waals surface area contributed by atoms with Crippen LogP contribution in [0.25, 0.3) is 11.3 Å². The van der Waals surface area contributed by atoms with Gasteiger partial charge in [-0.3, -0.25) is 4.79 Å². The highest BCUT2D eigenvalue weighted by atomic mass is 19.1. The van der Waals surface area contributed by atoms with Crippen molar-refractivity contribution in [2.24, 2.45) is 0 Å². The quantitative estimate of drug-likeness (QED) is 0.228. The largest absolute Gasteiger partial charge is 0.486 e. The molecule has 9 heteroatoms. The number of halogens is 2. The Morgan fingerprint density at radius 2 is 1.77 bits per heavy atom. The normalized spacial score (nSPS) is 12.0. The van der Waals surface area contributed by atoms with Crippen LogP contribution >= 0.6 is 0 Å². The van der Waals surface area contributed by atoms with E-state index in [0.717, 1.165) is 31.4 Å². The molecule has 4 rings (SSSR count). The lowest BCUT2D eigenvalue weighted by molar-refractivity contribution is 0.102. The maximum Gasteiger partial charge on any atom is 0.258 e. The molecule has 1 heterocycles. The number of aromatic nitrogens is 2. The van der Waals surface area contributed by atoms with E-state index in [4.69, 9.17) is 10.5 Å². The van der Waals surface area contributed by atoms with Gasteiger partial charge in [0.25, 0.3) is 5.91 Å². The minimum absolute atomic E-state index is 0.102. The second kappa shape index (κ2) is 16.5. The monoisotopic (exact) mass is 555 g/mol. The van der Waals surface area contributed by atoms with Crippen LogP contribution in [0.1, 0.15) is 87.7 Å². The molecular weight excluding hydrogens is 512 g/mol. The van der Waals surface area contributed by atoms with Crippen LogP contribution in [0.5, 0.6) is 5.75 Å². The Morgan fingerprint density at radius 3 is 2.40 bits per heavy atom. The van der Waals surface area contributed by atoms with Crippen molar-refractivity contribution in [3.8, 4) is 17.0 Å². The molecule has 0 aliphatic heterocycles. The van der Waals surface area contributed by atoms with E-state index in [1.807, 2.05) is 13.8 Å². The summed E-state index contributed by atoms with van der Waals surface area (Å²) < 4.78 is 35.1. The molecule has 1 aliphatic rings. The number of carbonyl (C=O) groups is 1. The molecule has 0 radical (unpaired) electrons. The van der Waals surface area contributed by atoms with E-state index in [2.05, 4.69) is 41.4 Å². The summed E-state index contributed by atoms with van der Waals surface area (Å²) >= 11 is 0. The molecular formula is C31H43F2N5O2. The fourth-order valence-electron chi connectivity index (χ4n) is 3.88. The molecule has 3 aromatic rings. The van der Waals surface area contributed by atoms with Crippen molar-refractivity contribution in [3.63, 3.8) is 0 Å². The highest BCUT2D eigenvalue weighted by Gasteiger charge is 2.25. The number of amides is 1. The van der Waals surface area contributed by atoms with Gasteiger partial charge in [-0.15, -0.1) is 0 Å². The summed E-state index contributed by atoms with van der Waals surface area (Å²) in [6.45, 7) is 13.8. The Labute approximate surface area is 237 Å². The third-order valence-electron chi connectivity index (χ3n) is 5.95. The predicted octanol–water partition coefficient (Wildman–Crippen LogP) is 7.26. The fourth-order valence-corrected chi connectivity index (χ4v) is 3.88. The Hall–Kier alpha value is -3.59. The summed E-state index contributed by atoms with van der Waals surface area (Å²) in [5, 5.41) is 5.86. The van der Waals surface area contributed by atoms with E-state index in [-0.39, 0.29) is 22.8 Å². The Morgan fingerprint density at radius 1 is 1.07 bits per heavy atom. The minimum Gasteiger partial charge on any atom is -0.486 e. The topological polar surface area (TPSA) is 102 Å². The molecule has 218 valence electrons. The molecule has 2 aromatic carbocycles. The summed E-state index contributed by atoms with van der Waals surface area (Å²) in [6.07, 6.45) is 5.58. The number of hydrogen-bond acceptors (Lipinski definition) is 6. The van der Waals surface area contributed by atoms with Crippen molar-refractivity contribution in [2.45, 2.75) is 73.1 Å². The molecule has 1 aromatic heterocycles. The molecule has 0 saturated heterocycles. The number of ether oxygens (including phenoxy) is 1. The zero-order chi connectivity index (χ0) is 29.7. The number of rotatable bonds is 10.